The van der Waals surface area contributed by atoms with Gasteiger partial charge in [-0.25, -0.2) is 0 Å². The van der Waals surface area contributed by atoms with Gasteiger partial charge in [0.25, 0.3) is 0 Å². The third-order valence-corrected chi connectivity index (χ3v) is 3.31. The van der Waals surface area contributed by atoms with Crippen molar-refractivity contribution in [1.29, 1.82) is 0 Å². The summed E-state index contributed by atoms with van der Waals surface area (Å²) in [6, 6.07) is 6.25. The Morgan fingerprint density at radius 3 is 2.94 bits per heavy atom. The summed E-state index contributed by atoms with van der Waals surface area (Å²) in [6.07, 6.45) is 2.19. The minimum Gasteiger partial charge on any atom is -0.497 e. The van der Waals surface area contributed by atoms with E-state index in [1.165, 1.54) is 22.2 Å². The van der Waals surface area contributed by atoms with E-state index in [0.717, 1.165) is 31.7 Å². The average Bonchev–Trinajstić information content (AvgIpc) is 2.50. The molecule has 3 heteroatoms. The summed E-state index contributed by atoms with van der Waals surface area (Å²) in [7, 11) is 1.72. The van der Waals surface area contributed by atoms with E-state index in [0.29, 0.717) is 0 Å². The number of hydrogen-bond donors (Lipinski definition) is 2. The molecule has 1 aliphatic rings. The Labute approximate surface area is 94.8 Å². The first-order valence-electron chi connectivity index (χ1n) is 5.76. The number of fused-ring (bicyclic) bond motifs is 3. The Hall–Kier alpha value is -1.48. The highest BCUT2D eigenvalue weighted by molar-refractivity contribution is 5.86. The van der Waals surface area contributed by atoms with Gasteiger partial charge in [-0.05, 0) is 36.7 Å². The number of hydrogen-bond acceptors (Lipinski definition) is 2. The van der Waals surface area contributed by atoms with Gasteiger partial charge in [-0.3, -0.25) is 0 Å². The number of nitrogens with one attached hydrogen (secondary N) is 2. The van der Waals surface area contributed by atoms with Crippen LogP contribution in [0.2, 0.25) is 0 Å². The number of benzene rings is 1. The summed E-state index contributed by atoms with van der Waals surface area (Å²) in [6.45, 7) is 2.13. The van der Waals surface area contributed by atoms with Gasteiger partial charge in [0, 0.05) is 29.6 Å². The summed E-state index contributed by atoms with van der Waals surface area (Å²) in [4.78, 5) is 3.51. The summed E-state index contributed by atoms with van der Waals surface area (Å²) >= 11 is 0. The minimum atomic E-state index is 0.937. The Morgan fingerprint density at radius 2 is 2.06 bits per heavy atom. The first-order chi connectivity index (χ1) is 7.88. The maximum absolute atomic E-state index is 5.28. The fraction of sp³-hybridized carbons (Fsp3) is 0.385. The second kappa shape index (κ2) is 3.83. The van der Waals surface area contributed by atoms with Crippen molar-refractivity contribution in [1.82, 2.24) is 10.3 Å². The van der Waals surface area contributed by atoms with Gasteiger partial charge < -0.3 is 15.0 Å². The molecule has 0 aliphatic carbocycles. The van der Waals surface area contributed by atoms with Crippen molar-refractivity contribution in [2.75, 3.05) is 20.2 Å². The molecular formula is C13H16N2O. The van der Waals surface area contributed by atoms with Crippen molar-refractivity contribution in [3.05, 3.63) is 29.5 Å². The van der Waals surface area contributed by atoms with Gasteiger partial charge in [-0.15, -0.1) is 0 Å². The first kappa shape index (κ1) is 9.73. The van der Waals surface area contributed by atoms with Gasteiger partial charge in [0.2, 0.25) is 0 Å². The maximum Gasteiger partial charge on any atom is 0.119 e. The second-order valence-corrected chi connectivity index (χ2v) is 4.24. The fourth-order valence-corrected chi connectivity index (χ4v) is 2.46. The Kier molecular flexibility index (Phi) is 2.33. The van der Waals surface area contributed by atoms with Crippen LogP contribution in [-0.4, -0.2) is 25.2 Å². The van der Waals surface area contributed by atoms with E-state index in [9.17, 15) is 0 Å². The van der Waals surface area contributed by atoms with Crippen LogP contribution in [0.5, 0.6) is 5.75 Å². The monoisotopic (exact) mass is 216 g/mol. The van der Waals surface area contributed by atoms with Crippen LogP contribution >= 0.6 is 0 Å². The van der Waals surface area contributed by atoms with E-state index in [4.69, 9.17) is 4.74 Å². The van der Waals surface area contributed by atoms with Gasteiger partial charge >= 0.3 is 0 Å². The van der Waals surface area contributed by atoms with Crippen LogP contribution in [0, 0.1) is 0 Å². The predicted octanol–water partition coefficient (Wildman–Crippen LogP) is 1.86. The van der Waals surface area contributed by atoms with Gasteiger partial charge in [-0.1, -0.05) is 0 Å². The normalized spacial score (nSPS) is 15.8. The third kappa shape index (κ3) is 1.48. The lowest BCUT2D eigenvalue weighted by Crippen LogP contribution is -2.16. The molecule has 84 valence electrons. The summed E-state index contributed by atoms with van der Waals surface area (Å²) in [5, 5.41) is 4.74. The number of ether oxygens (including phenoxy) is 1. The van der Waals surface area contributed by atoms with Crippen LogP contribution in [0.4, 0.5) is 0 Å². The molecule has 2 heterocycles. The SMILES string of the molecule is COc1ccc2[nH]c3c(c2c1)CCNCC3. The van der Waals surface area contributed by atoms with E-state index < -0.39 is 0 Å². The lowest BCUT2D eigenvalue weighted by Gasteiger charge is -2.01. The van der Waals surface area contributed by atoms with Crippen molar-refractivity contribution >= 4 is 10.9 Å². The highest BCUT2D eigenvalue weighted by Crippen LogP contribution is 2.27. The lowest BCUT2D eigenvalue weighted by molar-refractivity contribution is 0.415. The molecule has 2 N–H and O–H groups in total. The smallest absolute Gasteiger partial charge is 0.119 e. The van der Waals surface area contributed by atoms with Gasteiger partial charge in [0.15, 0.2) is 0 Å². The Morgan fingerprint density at radius 1 is 1.19 bits per heavy atom. The van der Waals surface area contributed by atoms with Crippen molar-refractivity contribution in [3.63, 3.8) is 0 Å². The molecule has 0 atom stereocenters. The molecule has 16 heavy (non-hydrogen) atoms. The molecule has 0 saturated heterocycles. The Bertz CT molecular complexity index is 516. The van der Waals surface area contributed by atoms with Crippen LogP contribution in [0.25, 0.3) is 10.9 Å². The van der Waals surface area contributed by atoms with Crippen molar-refractivity contribution in [3.8, 4) is 5.75 Å². The number of rotatable bonds is 1. The number of methoxy groups -OCH3 is 1. The number of aromatic nitrogens is 1. The molecule has 2 aromatic rings. The molecule has 1 aromatic heterocycles. The highest BCUT2D eigenvalue weighted by Gasteiger charge is 2.13. The van der Waals surface area contributed by atoms with E-state index in [1.54, 1.807) is 7.11 Å². The first-order valence-corrected chi connectivity index (χ1v) is 5.76. The molecule has 3 nitrogen and oxygen atoms in total. The largest absolute Gasteiger partial charge is 0.497 e. The highest BCUT2D eigenvalue weighted by atomic mass is 16.5. The molecule has 0 fully saturated rings. The third-order valence-electron chi connectivity index (χ3n) is 3.31. The number of H-pyrrole nitrogens is 1. The van der Waals surface area contributed by atoms with E-state index >= 15 is 0 Å². The molecule has 3 rings (SSSR count). The van der Waals surface area contributed by atoms with Gasteiger partial charge in [-0.2, -0.15) is 0 Å². The molecule has 0 radical (unpaired) electrons. The summed E-state index contributed by atoms with van der Waals surface area (Å²) in [5.74, 6) is 0.937. The number of aromatic amines is 1. The minimum absolute atomic E-state index is 0.937. The zero-order chi connectivity index (χ0) is 11.0. The predicted molar refractivity (Wildman–Crippen MR) is 65.1 cm³/mol. The van der Waals surface area contributed by atoms with Crippen molar-refractivity contribution in [2.24, 2.45) is 0 Å². The molecule has 1 aromatic carbocycles. The van der Waals surface area contributed by atoms with Crippen molar-refractivity contribution in [2.45, 2.75) is 12.8 Å². The van der Waals surface area contributed by atoms with E-state index in [-0.39, 0.29) is 0 Å². The molecule has 0 amide bonds. The molecule has 0 spiro atoms. The van der Waals surface area contributed by atoms with Crippen molar-refractivity contribution < 1.29 is 4.74 Å². The molecule has 0 bridgehead atoms. The van der Waals surface area contributed by atoms with Gasteiger partial charge in [0.1, 0.15) is 5.75 Å². The fourth-order valence-electron chi connectivity index (χ4n) is 2.46. The van der Waals surface area contributed by atoms with Crippen LogP contribution < -0.4 is 10.1 Å². The summed E-state index contributed by atoms with van der Waals surface area (Å²) in [5.41, 5.74) is 4.07. The van der Waals surface area contributed by atoms with Crippen LogP contribution in [-0.2, 0) is 12.8 Å². The quantitative estimate of drug-likeness (QED) is 0.763. The van der Waals surface area contributed by atoms with E-state index in [1.807, 2.05) is 6.07 Å². The molecule has 1 aliphatic heterocycles. The standard InChI is InChI=1S/C13H16N2O/c1-16-9-2-3-12-11(8-9)10-4-6-14-7-5-13(10)15-12/h2-3,8,14-15H,4-7H2,1H3. The second-order valence-electron chi connectivity index (χ2n) is 4.24. The lowest BCUT2D eigenvalue weighted by atomic mass is 10.1. The zero-order valence-corrected chi connectivity index (χ0v) is 9.47. The summed E-state index contributed by atoms with van der Waals surface area (Å²) < 4.78 is 5.28. The van der Waals surface area contributed by atoms with E-state index in [2.05, 4.69) is 22.4 Å². The average molecular weight is 216 g/mol. The van der Waals surface area contributed by atoms with Crippen LogP contribution in [0.1, 0.15) is 11.3 Å². The topological polar surface area (TPSA) is 37.0 Å². The molecular weight excluding hydrogens is 200 g/mol. The van der Waals surface area contributed by atoms with Crippen LogP contribution in [0.3, 0.4) is 0 Å². The Balaban J connectivity index is 2.19. The molecule has 0 saturated carbocycles. The van der Waals surface area contributed by atoms with Crippen LogP contribution in [0.15, 0.2) is 18.2 Å². The zero-order valence-electron chi connectivity index (χ0n) is 9.47. The van der Waals surface area contributed by atoms with Gasteiger partial charge in [0.05, 0.1) is 7.11 Å². The molecule has 0 unspecified atom stereocenters. The maximum atomic E-state index is 5.28.